The van der Waals surface area contributed by atoms with Gasteiger partial charge in [-0.15, -0.1) is 6.58 Å². The van der Waals surface area contributed by atoms with Crippen LogP contribution < -0.4 is 5.73 Å². The number of hydrogen-bond donors (Lipinski definition) is 3. The van der Waals surface area contributed by atoms with Crippen molar-refractivity contribution in [2.75, 3.05) is 27.4 Å². The van der Waals surface area contributed by atoms with Gasteiger partial charge >= 0.3 is 5.97 Å². The number of allylic oxidation sites excluding steroid dienone is 4. The van der Waals surface area contributed by atoms with Gasteiger partial charge in [-0.3, -0.25) is 14.4 Å². The molecule has 0 radical (unpaired) electrons. The van der Waals surface area contributed by atoms with E-state index in [0.29, 0.717) is 51.6 Å². The van der Waals surface area contributed by atoms with Gasteiger partial charge in [0, 0.05) is 45.1 Å². The molecule has 13 unspecified atom stereocenters. The molecule has 3 aliphatic heterocycles. The smallest absolute Gasteiger partial charge is 0.329 e. The summed E-state index contributed by atoms with van der Waals surface area (Å²) in [5.74, 6) is -6.31. The molecule has 1 aromatic carbocycles. The number of benzene rings is 1. The molecule has 0 spiro atoms. The summed E-state index contributed by atoms with van der Waals surface area (Å²) >= 11 is 0. The molecule has 3 heterocycles. The molecule has 1 amide bonds. The van der Waals surface area contributed by atoms with Crippen LogP contribution >= 0.6 is 0 Å². The monoisotopic (exact) mass is 905 g/mol. The van der Waals surface area contributed by atoms with Gasteiger partial charge < -0.3 is 44.5 Å². The predicted octanol–water partition coefficient (Wildman–Crippen LogP) is 7.42. The maximum Gasteiger partial charge on any atom is 0.329 e. The summed E-state index contributed by atoms with van der Waals surface area (Å²) in [4.78, 5) is 58.4. The van der Waals surface area contributed by atoms with Crippen molar-refractivity contribution in [2.24, 2.45) is 35.3 Å². The third-order valence-electron chi connectivity index (χ3n) is 14.1. The molecule has 1 aliphatic carbocycles. The molecule has 0 aromatic heterocycles. The first kappa shape index (κ1) is 52.0. The van der Waals surface area contributed by atoms with Gasteiger partial charge in [0.2, 0.25) is 5.79 Å². The summed E-state index contributed by atoms with van der Waals surface area (Å²) in [5, 5.41) is 21.7. The van der Waals surface area contributed by atoms with E-state index in [1.807, 2.05) is 51.1 Å². The zero-order valence-corrected chi connectivity index (χ0v) is 39.8. The fourth-order valence-electron chi connectivity index (χ4n) is 10.4. The molecule has 65 heavy (non-hydrogen) atoms. The second kappa shape index (κ2) is 24.2. The van der Waals surface area contributed by atoms with Gasteiger partial charge in [0.25, 0.3) is 11.7 Å². The van der Waals surface area contributed by atoms with Crippen molar-refractivity contribution >= 4 is 29.5 Å². The summed E-state index contributed by atoms with van der Waals surface area (Å²) < 4.78 is 30.8. The van der Waals surface area contributed by atoms with Crippen LogP contribution in [0.25, 0.3) is 6.08 Å². The Labute approximate surface area is 386 Å². The number of hydrogen-bond acceptors (Lipinski definition) is 12. The lowest BCUT2D eigenvalue weighted by Gasteiger charge is -2.47. The Morgan fingerprint density at radius 2 is 1.68 bits per heavy atom. The van der Waals surface area contributed by atoms with Crippen molar-refractivity contribution < 1.29 is 53.1 Å². The van der Waals surface area contributed by atoms with Crippen LogP contribution in [-0.4, -0.2) is 114 Å². The van der Waals surface area contributed by atoms with E-state index in [4.69, 9.17) is 29.4 Å². The van der Waals surface area contributed by atoms with Crippen molar-refractivity contribution in [3.63, 3.8) is 0 Å². The standard InChI is InChI=1S/C52H76N2O11/c1-9-13-39-27-32(2)26-33(3)28-45(61-7)48-46(62-8)30-36(6)52(60,65-48)49(57)50(58)54-24-11-10-15-42(54)51(59)64-47(34(4)16-23-43(39)56)35(5)29-38-19-22-41(53)44(31-38)63-25-12-14-37-17-20-40(55)21-18-37/h9,12,14,17-18,20-21,27,29,33-34,36,38-39,41-42,44-48,55,60H,1,10-11,13,15-16,19,22-26,28,30-31,53H2,2-8H3/b14-12?,32-27+,35-29?. The maximum absolute atomic E-state index is 14.5. The van der Waals surface area contributed by atoms with E-state index < -0.39 is 59.8 Å². The van der Waals surface area contributed by atoms with Crippen LogP contribution in [0.2, 0.25) is 0 Å². The fraction of sp³-hybridized carbons (Fsp3) is 0.654. The number of carbonyl (C=O) groups excluding carboxylic acids is 4. The highest BCUT2D eigenvalue weighted by Crippen LogP contribution is 2.39. The summed E-state index contributed by atoms with van der Waals surface area (Å²) in [6.45, 7) is 14.1. The van der Waals surface area contributed by atoms with Crippen LogP contribution in [0.3, 0.4) is 0 Å². The number of amides is 1. The number of ether oxygens (including phenoxy) is 5. The lowest BCUT2D eigenvalue weighted by molar-refractivity contribution is -0.302. The number of fused-ring (bicyclic) bond motifs is 3. The number of cyclic esters (lactones) is 1. The molecule has 2 bridgehead atoms. The molecule has 360 valence electrons. The minimum absolute atomic E-state index is 0.0543. The van der Waals surface area contributed by atoms with Crippen LogP contribution in [0.5, 0.6) is 5.75 Å². The Hall–Kier alpha value is -3.98. The topological polar surface area (TPSA) is 184 Å². The summed E-state index contributed by atoms with van der Waals surface area (Å²) in [6, 6.07) is 5.71. The van der Waals surface area contributed by atoms with Crippen molar-refractivity contribution in [1.29, 1.82) is 0 Å². The molecule has 3 fully saturated rings. The summed E-state index contributed by atoms with van der Waals surface area (Å²) in [5.41, 5.74) is 9.37. The average Bonchev–Trinajstić information content (AvgIpc) is 3.29. The minimum atomic E-state index is -2.49. The Balaban J connectivity index is 1.44. The second-order valence-corrected chi connectivity index (χ2v) is 19.3. The molecular weight excluding hydrogens is 829 g/mol. The molecule has 2 saturated heterocycles. The van der Waals surface area contributed by atoms with Crippen molar-refractivity contribution in [3.05, 3.63) is 71.9 Å². The van der Waals surface area contributed by atoms with E-state index in [0.717, 1.165) is 29.6 Å². The average molecular weight is 905 g/mol. The summed E-state index contributed by atoms with van der Waals surface area (Å²) in [7, 11) is 3.09. The number of phenolic OH excluding ortho intramolecular Hbond substituents is 1. The van der Waals surface area contributed by atoms with Gasteiger partial charge in [0.15, 0.2) is 0 Å². The molecule has 13 atom stereocenters. The Kier molecular flexibility index (Phi) is 19.3. The number of methoxy groups -OCH3 is 2. The zero-order valence-electron chi connectivity index (χ0n) is 39.8. The number of Topliss-reactive ketones (excluding diaryl/α,β-unsaturated/α-hetero) is 2. The molecule has 13 nitrogen and oxygen atoms in total. The van der Waals surface area contributed by atoms with Gasteiger partial charge in [-0.2, -0.15) is 0 Å². The number of aliphatic hydroxyl groups is 1. The SMILES string of the molecule is C=CCC1/C=C(\C)CC(C)CC(OC)C2OC(O)(C(=O)C(=O)N3CCCCC3C(=O)OC(C(C)=CC3CCC(N)C(OCC=Cc4ccc(O)cc4)C3)C(C)CCC1=O)C(C)CC2OC. The van der Waals surface area contributed by atoms with Crippen molar-refractivity contribution in [1.82, 2.24) is 4.90 Å². The lowest BCUT2D eigenvalue weighted by atomic mass is 9.81. The van der Waals surface area contributed by atoms with Crippen LogP contribution in [0, 0.1) is 29.6 Å². The number of ketones is 2. The van der Waals surface area contributed by atoms with Crippen LogP contribution in [0.15, 0.2) is 66.3 Å². The maximum atomic E-state index is 14.5. The van der Waals surface area contributed by atoms with Gasteiger partial charge in [-0.1, -0.05) is 68.9 Å². The van der Waals surface area contributed by atoms with E-state index in [1.165, 1.54) is 4.90 Å². The molecule has 4 N–H and O–H groups in total. The number of nitrogens with two attached hydrogens (primary N) is 1. The normalized spacial score (nSPS) is 36.3. The lowest BCUT2D eigenvalue weighted by Crippen LogP contribution is -2.64. The van der Waals surface area contributed by atoms with Gasteiger partial charge in [-0.05, 0) is 125 Å². The zero-order chi connectivity index (χ0) is 47.4. The van der Waals surface area contributed by atoms with Gasteiger partial charge in [-0.25, -0.2) is 4.79 Å². The predicted molar refractivity (Wildman–Crippen MR) is 249 cm³/mol. The van der Waals surface area contributed by atoms with E-state index in [-0.39, 0.29) is 73.2 Å². The fourth-order valence-corrected chi connectivity index (χ4v) is 10.4. The first-order chi connectivity index (χ1) is 31.0. The highest BCUT2D eigenvalue weighted by Gasteiger charge is 2.56. The first-order valence-electron chi connectivity index (χ1n) is 23.8. The number of phenols is 1. The molecule has 1 aromatic rings. The molecule has 4 aliphatic rings. The Bertz CT molecular complexity index is 1880. The third-order valence-corrected chi connectivity index (χ3v) is 14.1. The van der Waals surface area contributed by atoms with E-state index in [2.05, 4.69) is 19.6 Å². The van der Waals surface area contributed by atoms with E-state index >= 15 is 0 Å². The number of piperidine rings is 1. The Morgan fingerprint density at radius 3 is 2.37 bits per heavy atom. The number of aromatic hydroxyl groups is 1. The Morgan fingerprint density at radius 1 is 0.969 bits per heavy atom. The highest BCUT2D eigenvalue weighted by atomic mass is 16.7. The van der Waals surface area contributed by atoms with Crippen molar-refractivity contribution in [3.8, 4) is 5.75 Å². The number of carbonyl (C=O) groups is 4. The largest absolute Gasteiger partial charge is 0.508 e. The molecule has 13 heteroatoms. The van der Waals surface area contributed by atoms with E-state index in [9.17, 15) is 29.4 Å². The van der Waals surface area contributed by atoms with Gasteiger partial charge in [0.05, 0.1) is 24.9 Å². The first-order valence-corrected chi connectivity index (χ1v) is 23.8. The molecular formula is C52H76N2O11. The van der Waals surface area contributed by atoms with Gasteiger partial charge in [0.1, 0.15) is 29.8 Å². The van der Waals surface area contributed by atoms with Crippen LogP contribution in [-0.2, 0) is 42.9 Å². The highest BCUT2D eigenvalue weighted by molar-refractivity contribution is 6.39. The van der Waals surface area contributed by atoms with Crippen molar-refractivity contribution in [2.45, 2.75) is 160 Å². The number of esters is 1. The van der Waals surface area contributed by atoms with E-state index in [1.54, 1.807) is 39.4 Å². The van der Waals surface area contributed by atoms with Crippen LogP contribution in [0.1, 0.15) is 117 Å². The van der Waals surface area contributed by atoms with Crippen LogP contribution in [0.4, 0.5) is 0 Å². The molecule has 1 saturated carbocycles. The molecule has 5 rings (SSSR count). The second-order valence-electron chi connectivity index (χ2n) is 19.3. The minimum Gasteiger partial charge on any atom is -0.508 e. The summed E-state index contributed by atoms with van der Waals surface area (Å²) in [6.07, 6.45) is 13.1. The number of nitrogens with zero attached hydrogens (tertiary/aromatic N) is 1. The third kappa shape index (κ3) is 13.6. The quantitative estimate of drug-likeness (QED) is 0.120. The number of rotatable bonds is 10.